The van der Waals surface area contributed by atoms with Gasteiger partial charge in [0.2, 0.25) is 11.8 Å². The number of anilines is 1. The van der Waals surface area contributed by atoms with E-state index in [9.17, 15) is 14.4 Å². The van der Waals surface area contributed by atoms with Gasteiger partial charge >= 0.3 is 5.97 Å². The van der Waals surface area contributed by atoms with Crippen molar-refractivity contribution in [2.24, 2.45) is 0 Å². The summed E-state index contributed by atoms with van der Waals surface area (Å²) in [4.78, 5) is 40.4. The molecule has 3 fully saturated rings. The molecule has 0 saturated carbocycles. The lowest BCUT2D eigenvalue weighted by Gasteiger charge is -2.42. The lowest BCUT2D eigenvalue weighted by molar-refractivity contribution is -0.155. The highest BCUT2D eigenvalue weighted by Crippen LogP contribution is 2.31. The second-order valence-corrected chi connectivity index (χ2v) is 11.5. The number of nitrogens with one attached hydrogen (secondary N) is 2. The summed E-state index contributed by atoms with van der Waals surface area (Å²) in [5.74, 6) is 0.0337. The number of imide groups is 1. The molecule has 198 valence electrons. The number of likely N-dealkylation sites (tertiary alicyclic amines) is 2. The van der Waals surface area contributed by atoms with Crippen LogP contribution in [0.1, 0.15) is 77.2 Å². The van der Waals surface area contributed by atoms with E-state index in [1.54, 1.807) is 0 Å². The lowest BCUT2D eigenvalue weighted by Crippen LogP contribution is -2.47. The molecule has 0 spiro atoms. The van der Waals surface area contributed by atoms with Crippen molar-refractivity contribution >= 4 is 23.5 Å². The van der Waals surface area contributed by atoms with Crippen molar-refractivity contribution in [3.8, 4) is 0 Å². The van der Waals surface area contributed by atoms with Gasteiger partial charge in [0.25, 0.3) is 0 Å². The van der Waals surface area contributed by atoms with Gasteiger partial charge in [0.05, 0.1) is 6.42 Å². The Labute approximate surface area is 215 Å². The smallest absolute Gasteiger partial charge is 0.307 e. The molecule has 1 unspecified atom stereocenters. The number of hydrogen-bond acceptors (Lipinski definition) is 7. The molecule has 4 rings (SSSR count). The van der Waals surface area contributed by atoms with Gasteiger partial charge in [-0.05, 0) is 103 Å². The summed E-state index contributed by atoms with van der Waals surface area (Å²) in [7, 11) is 0. The van der Waals surface area contributed by atoms with E-state index in [4.69, 9.17) is 4.74 Å². The molecule has 1 aromatic rings. The van der Waals surface area contributed by atoms with Gasteiger partial charge in [-0.2, -0.15) is 0 Å². The molecule has 3 aliphatic rings. The Morgan fingerprint density at radius 2 is 1.67 bits per heavy atom. The number of amides is 2. The van der Waals surface area contributed by atoms with Gasteiger partial charge in [-0.3, -0.25) is 19.7 Å². The molecular weight excluding hydrogens is 456 g/mol. The van der Waals surface area contributed by atoms with Crippen molar-refractivity contribution in [3.05, 3.63) is 29.8 Å². The molecule has 0 aromatic heterocycles. The first-order valence-electron chi connectivity index (χ1n) is 13.5. The first kappa shape index (κ1) is 26.6. The van der Waals surface area contributed by atoms with Gasteiger partial charge in [0, 0.05) is 24.7 Å². The zero-order valence-corrected chi connectivity index (χ0v) is 22.1. The summed E-state index contributed by atoms with van der Waals surface area (Å²) in [5.41, 5.74) is 1.87. The molecular formula is C28H42N4O4. The Balaban J connectivity index is 1.16. The lowest BCUT2D eigenvalue weighted by atomic mass is 9.88. The summed E-state index contributed by atoms with van der Waals surface area (Å²) in [6.45, 7) is 10.9. The standard InChI is InChI=1S/C28H42N4O4/c1-28(2,3)36-26(34)14-17-31-15-12-23(13-16-31)32-18-10-21(11-19-32)20-4-6-22(7-5-20)29-24-8-9-25(33)30-27(24)35/h4-7,21,23-24,29H,8-19H2,1-3H3,(H,30,33,35). The highest BCUT2D eigenvalue weighted by molar-refractivity contribution is 6.01. The Morgan fingerprint density at radius 3 is 2.28 bits per heavy atom. The molecule has 3 aliphatic heterocycles. The largest absolute Gasteiger partial charge is 0.460 e. The predicted octanol–water partition coefficient (Wildman–Crippen LogP) is 3.28. The number of esters is 1. The number of nitrogens with zero attached hydrogens (tertiary/aromatic N) is 2. The molecule has 0 aliphatic carbocycles. The van der Waals surface area contributed by atoms with E-state index in [-0.39, 0.29) is 23.8 Å². The monoisotopic (exact) mass is 498 g/mol. The SMILES string of the molecule is CC(C)(C)OC(=O)CCN1CCC(N2CCC(c3ccc(NC4CCC(=O)NC4=O)cc3)CC2)CC1. The van der Waals surface area contributed by atoms with E-state index < -0.39 is 5.60 Å². The fraction of sp³-hybridized carbons (Fsp3) is 0.679. The number of hydrogen-bond donors (Lipinski definition) is 2. The average molecular weight is 499 g/mol. The highest BCUT2D eigenvalue weighted by Gasteiger charge is 2.30. The van der Waals surface area contributed by atoms with Crippen LogP contribution in [0, 0.1) is 0 Å². The number of carbonyl (C=O) groups excluding carboxylic acids is 3. The number of benzene rings is 1. The van der Waals surface area contributed by atoms with Crippen LogP contribution < -0.4 is 10.6 Å². The Kier molecular flexibility index (Phi) is 8.67. The van der Waals surface area contributed by atoms with Gasteiger partial charge in [-0.1, -0.05) is 12.1 Å². The van der Waals surface area contributed by atoms with E-state index in [2.05, 4.69) is 44.7 Å². The van der Waals surface area contributed by atoms with Crippen LogP contribution in [0.2, 0.25) is 0 Å². The van der Waals surface area contributed by atoms with Crippen molar-refractivity contribution in [3.63, 3.8) is 0 Å². The Bertz CT molecular complexity index is 910. The third-order valence-electron chi connectivity index (χ3n) is 7.62. The maximum Gasteiger partial charge on any atom is 0.307 e. The fourth-order valence-electron chi connectivity index (χ4n) is 5.63. The molecule has 1 aromatic carbocycles. The van der Waals surface area contributed by atoms with E-state index in [1.165, 1.54) is 31.2 Å². The normalized spacial score (nSPS) is 23.4. The van der Waals surface area contributed by atoms with Crippen LogP contribution in [0.3, 0.4) is 0 Å². The maximum atomic E-state index is 12.0. The second-order valence-electron chi connectivity index (χ2n) is 11.5. The van der Waals surface area contributed by atoms with Crippen LogP contribution in [-0.4, -0.2) is 78.0 Å². The molecule has 3 heterocycles. The maximum absolute atomic E-state index is 12.0. The van der Waals surface area contributed by atoms with Crippen LogP contribution in [-0.2, 0) is 19.1 Å². The molecule has 8 heteroatoms. The first-order valence-corrected chi connectivity index (χ1v) is 13.5. The minimum Gasteiger partial charge on any atom is -0.460 e. The van der Waals surface area contributed by atoms with E-state index in [0.717, 1.165) is 38.4 Å². The second kappa shape index (κ2) is 11.7. The zero-order valence-electron chi connectivity index (χ0n) is 22.1. The predicted molar refractivity (Wildman–Crippen MR) is 140 cm³/mol. The van der Waals surface area contributed by atoms with Crippen molar-refractivity contribution in [2.45, 2.75) is 89.3 Å². The van der Waals surface area contributed by atoms with Crippen LogP contribution >= 0.6 is 0 Å². The molecule has 2 N–H and O–H groups in total. The van der Waals surface area contributed by atoms with E-state index >= 15 is 0 Å². The minimum absolute atomic E-state index is 0.105. The van der Waals surface area contributed by atoms with Crippen molar-refractivity contribution in [2.75, 3.05) is 38.0 Å². The van der Waals surface area contributed by atoms with Crippen molar-refractivity contribution < 1.29 is 19.1 Å². The topological polar surface area (TPSA) is 91.0 Å². The molecule has 36 heavy (non-hydrogen) atoms. The van der Waals surface area contributed by atoms with Crippen LogP contribution in [0.15, 0.2) is 24.3 Å². The molecule has 3 saturated heterocycles. The molecule has 1 atom stereocenters. The third kappa shape index (κ3) is 7.53. The van der Waals surface area contributed by atoms with E-state index in [1.807, 2.05) is 20.8 Å². The molecule has 2 amide bonds. The van der Waals surface area contributed by atoms with Crippen LogP contribution in [0.25, 0.3) is 0 Å². The van der Waals surface area contributed by atoms with Crippen molar-refractivity contribution in [1.29, 1.82) is 0 Å². The molecule has 0 radical (unpaired) electrons. The van der Waals surface area contributed by atoms with Gasteiger partial charge in [0.15, 0.2) is 0 Å². The summed E-state index contributed by atoms with van der Waals surface area (Å²) >= 11 is 0. The Hall–Kier alpha value is -2.45. The van der Waals surface area contributed by atoms with E-state index in [0.29, 0.717) is 31.2 Å². The van der Waals surface area contributed by atoms with Crippen molar-refractivity contribution in [1.82, 2.24) is 15.1 Å². The minimum atomic E-state index is -0.412. The van der Waals surface area contributed by atoms with Crippen LogP contribution in [0.4, 0.5) is 5.69 Å². The molecule has 8 nitrogen and oxygen atoms in total. The molecule has 0 bridgehead atoms. The summed E-state index contributed by atoms with van der Waals surface area (Å²) in [5, 5.41) is 5.66. The van der Waals surface area contributed by atoms with Gasteiger partial charge in [0.1, 0.15) is 11.6 Å². The van der Waals surface area contributed by atoms with Gasteiger partial charge < -0.3 is 19.9 Å². The number of carbonyl (C=O) groups is 3. The summed E-state index contributed by atoms with van der Waals surface area (Å²) in [6.07, 6.45) is 6.05. The number of ether oxygens (including phenoxy) is 1. The van der Waals surface area contributed by atoms with Gasteiger partial charge in [-0.25, -0.2) is 0 Å². The van der Waals surface area contributed by atoms with Crippen LogP contribution in [0.5, 0.6) is 0 Å². The Morgan fingerprint density at radius 1 is 1.00 bits per heavy atom. The first-order chi connectivity index (χ1) is 17.2. The average Bonchev–Trinajstić information content (AvgIpc) is 2.84. The fourth-order valence-corrected chi connectivity index (χ4v) is 5.63. The highest BCUT2D eigenvalue weighted by atomic mass is 16.6. The number of rotatable bonds is 7. The van der Waals surface area contributed by atoms with Gasteiger partial charge in [-0.15, -0.1) is 0 Å². The number of piperidine rings is 3. The summed E-state index contributed by atoms with van der Waals surface area (Å²) < 4.78 is 5.44. The third-order valence-corrected chi connectivity index (χ3v) is 7.62. The zero-order chi connectivity index (χ0) is 25.7. The summed E-state index contributed by atoms with van der Waals surface area (Å²) in [6, 6.07) is 8.76. The quantitative estimate of drug-likeness (QED) is 0.440.